The molecular weight excluding hydrogens is 318 g/mol. The fraction of sp³-hybridized carbons (Fsp3) is 0.450. The Morgan fingerprint density at radius 3 is 2.58 bits per heavy atom. The third-order valence-electron chi connectivity index (χ3n) is 4.11. The molecule has 130 valence electrons. The van der Waals surface area contributed by atoms with E-state index in [4.69, 9.17) is 5.73 Å². The molecule has 1 atom stereocenters. The van der Waals surface area contributed by atoms with E-state index in [0.29, 0.717) is 19.4 Å². The van der Waals surface area contributed by atoms with Crippen molar-refractivity contribution in [3.63, 3.8) is 0 Å². The Balaban J connectivity index is 1.70. The molecule has 0 amide bonds. The number of thiophene rings is 1. The van der Waals surface area contributed by atoms with Gasteiger partial charge >= 0.3 is 0 Å². The first-order valence-corrected chi connectivity index (χ1v) is 9.54. The molecule has 0 spiro atoms. The molecule has 0 aliphatic carbocycles. The highest BCUT2D eigenvalue weighted by molar-refractivity contribution is 7.14. The van der Waals surface area contributed by atoms with Gasteiger partial charge in [-0.25, -0.2) is 0 Å². The van der Waals surface area contributed by atoms with Gasteiger partial charge in [0.05, 0.1) is 11.0 Å². The molecule has 0 aliphatic rings. The second kappa shape index (κ2) is 10.4. The molecule has 2 aromatic rings. The van der Waals surface area contributed by atoms with Gasteiger partial charge in [-0.15, -0.1) is 11.3 Å². The largest absolute Gasteiger partial charge is 0.393 e. The first-order valence-electron chi connectivity index (χ1n) is 8.73. The molecule has 3 N–H and O–H groups in total. The summed E-state index contributed by atoms with van der Waals surface area (Å²) in [5.74, 6) is 0.241. The molecule has 1 unspecified atom stereocenters. The zero-order valence-electron chi connectivity index (χ0n) is 14.1. The van der Waals surface area contributed by atoms with E-state index in [1.54, 1.807) is 11.3 Å². The maximum absolute atomic E-state index is 12.3. The van der Waals surface area contributed by atoms with Crippen LogP contribution in [-0.4, -0.2) is 23.5 Å². The minimum atomic E-state index is -0.297. The van der Waals surface area contributed by atoms with E-state index in [2.05, 4.69) is 12.1 Å². The molecule has 0 aliphatic heterocycles. The van der Waals surface area contributed by atoms with Crippen LogP contribution in [0.25, 0.3) is 0 Å². The second-order valence-corrected chi connectivity index (χ2v) is 7.32. The number of carbonyl (C=O) groups excluding carboxylic acids is 1. The number of nitrogens with two attached hydrogens (primary N) is 1. The minimum absolute atomic E-state index is 0.241. The van der Waals surface area contributed by atoms with Crippen molar-refractivity contribution in [2.45, 2.75) is 51.0 Å². The third-order valence-corrected chi connectivity index (χ3v) is 5.30. The Hall–Kier alpha value is -1.49. The van der Waals surface area contributed by atoms with Gasteiger partial charge < -0.3 is 10.8 Å². The zero-order chi connectivity index (χ0) is 17.2. The standard InChI is InChI=1S/C20H27NO2S/c21-15-14-17(22)9-5-10-18-12-13-20(24-18)19(23)11-4-8-16-6-2-1-3-7-16/h1-3,6-7,12-13,17,22H,4-5,8-11,14-15,21H2. The van der Waals surface area contributed by atoms with Gasteiger partial charge in [-0.3, -0.25) is 4.79 Å². The lowest BCUT2D eigenvalue weighted by molar-refractivity contribution is 0.0984. The molecule has 0 saturated heterocycles. The Bertz CT molecular complexity index is 609. The molecule has 4 heteroatoms. The Kier molecular flexibility index (Phi) is 8.16. The summed E-state index contributed by atoms with van der Waals surface area (Å²) in [5.41, 5.74) is 6.72. The minimum Gasteiger partial charge on any atom is -0.393 e. The van der Waals surface area contributed by atoms with Crippen LogP contribution < -0.4 is 5.73 Å². The van der Waals surface area contributed by atoms with Gasteiger partial charge in [0.1, 0.15) is 0 Å². The molecule has 2 rings (SSSR count). The zero-order valence-corrected chi connectivity index (χ0v) is 14.9. The topological polar surface area (TPSA) is 63.3 Å². The summed E-state index contributed by atoms with van der Waals surface area (Å²) < 4.78 is 0. The van der Waals surface area contributed by atoms with Crippen LogP contribution in [0.1, 0.15) is 52.2 Å². The maximum atomic E-state index is 12.3. The normalized spacial score (nSPS) is 12.2. The summed E-state index contributed by atoms with van der Waals surface area (Å²) in [6.45, 7) is 0.530. The van der Waals surface area contributed by atoms with Crippen LogP contribution in [0.5, 0.6) is 0 Å². The predicted molar refractivity (Wildman–Crippen MR) is 101 cm³/mol. The van der Waals surface area contributed by atoms with Crippen molar-refractivity contribution in [1.82, 2.24) is 0 Å². The van der Waals surface area contributed by atoms with Crippen molar-refractivity contribution in [1.29, 1.82) is 0 Å². The number of carbonyl (C=O) groups is 1. The first-order chi connectivity index (χ1) is 11.7. The number of ketones is 1. The Labute approximate surface area is 148 Å². The average molecular weight is 346 g/mol. The highest BCUT2D eigenvalue weighted by Gasteiger charge is 2.10. The van der Waals surface area contributed by atoms with E-state index in [1.807, 2.05) is 30.3 Å². The average Bonchev–Trinajstić information content (AvgIpc) is 3.05. The lowest BCUT2D eigenvalue weighted by Gasteiger charge is -2.07. The van der Waals surface area contributed by atoms with Crippen molar-refractivity contribution in [2.24, 2.45) is 5.73 Å². The summed E-state index contributed by atoms with van der Waals surface area (Å²) >= 11 is 1.60. The summed E-state index contributed by atoms with van der Waals surface area (Å²) in [4.78, 5) is 14.4. The van der Waals surface area contributed by atoms with E-state index in [0.717, 1.165) is 37.0 Å². The smallest absolute Gasteiger partial charge is 0.172 e. The van der Waals surface area contributed by atoms with Gasteiger partial charge in [0.25, 0.3) is 0 Å². The van der Waals surface area contributed by atoms with E-state index < -0.39 is 0 Å². The van der Waals surface area contributed by atoms with E-state index in [1.165, 1.54) is 10.4 Å². The number of hydrogen-bond donors (Lipinski definition) is 2. The highest BCUT2D eigenvalue weighted by atomic mass is 32.1. The quantitative estimate of drug-likeness (QED) is 0.605. The van der Waals surface area contributed by atoms with Crippen molar-refractivity contribution in [3.8, 4) is 0 Å². The van der Waals surface area contributed by atoms with Gasteiger partial charge in [-0.05, 0) is 62.8 Å². The molecule has 1 aromatic carbocycles. The van der Waals surface area contributed by atoms with Crippen LogP contribution in [0.15, 0.2) is 42.5 Å². The number of benzene rings is 1. The molecule has 1 aromatic heterocycles. The SMILES string of the molecule is NCCC(O)CCCc1ccc(C(=O)CCCc2ccccc2)s1. The molecule has 0 saturated carbocycles. The number of aliphatic hydroxyl groups excluding tert-OH is 1. The van der Waals surface area contributed by atoms with Gasteiger partial charge in [0.15, 0.2) is 5.78 Å². The monoisotopic (exact) mass is 345 g/mol. The molecule has 0 radical (unpaired) electrons. The van der Waals surface area contributed by atoms with E-state index in [-0.39, 0.29) is 11.9 Å². The number of Topliss-reactive ketones (excluding diaryl/α,β-unsaturated/α-hetero) is 1. The fourth-order valence-corrected chi connectivity index (χ4v) is 3.75. The second-order valence-electron chi connectivity index (χ2n) is 6.15. The van der Waals surface area contributed by atoms with Crippen LogP contribution >= 0.6 is 11.3 Å². The molecule has 24 heavy (non-hydrogen) atoms. The summed E-state index contributed by atoms with van der Waals surface area (Å²) in [5, 5.41) is 9.68. The lowest BCUT2D eigenvalue weighted by Crippen LogP contribution is -2.13. The van der Waals surface area contributed by atoms with Crippen LogP contribution in [0.3, 0.4) is 0 Å². The molecule has 3 nitrogen and oxygen atoms in total. The van der Waals surface area contributed by atoms with Crippen LogP contribution in [0, 0.1) is 0 Å². The van der Waals surface area contributed by atoms with Gasteiger partial charge in [-0.2, -0.15) is 0 Å². The summed E-state index contributed by atoms with van der Waals surface area (Å²) in [7, 11) is 0. The van der Waals surface area contributed by atoms with Crippen molar-refractivity contribution >= 4 is 17.1 Å². The molecule has 0 bridgehead atoms. The van der Waals surface area contributed by atoms with Crippen LogP contribution in [0.4, 0.5) is 0 Å². The lowest BCUT2D eigenvalue weighted by atomic mass is 10.1. The van der Waals surface area contributed by atoms with Crippen molar-refractivity contribution < 1.29 is 9.90 Å². The molecule has 1 heterocycles. The van der Waals surface area contributed by atoms with Gasteiger partial charge in [0, 0.05) is 11.3 Å². The highest BCUT2D eigenvalue weighted by Crippen LogP contribution is 2.21. The first kappa shape index (κ1) is 18.8. The summed E-state index contributed by atoms with van der Waals surface area (Å²) in [6, 6.07) is 14.3. The van der Waals surface area contributed by atoms with Crippen LogP contribution in [0.2, 0.25) is 0 Å². The van der Waals surface area contributed by atoms with Crippen molar-refractivity contribution in [2.75, 3.05) is 6.54 Å². The van der Waals surface area contributed by atoms with Crippen LogP contribution in [-0.2, 0) is 12.8 Å². The Morgan fingerprint density at radius 1 is 1.04 bits per heavy atom. The number of hydrogen-bond acceptors (Lipinski definition) is 4. The number of aliphatic hydroxyl groups is 1. The third kappa shape index (κ3) is 6.56. The van der Waals surface area contributed by atoms with E-state index >= 15 is 0 Å². The predicted octanol–water partition coefficient (Wildman–Crippen LogP) is 3.99. The van der Waals surface area contributed by atoms with E-state index in [9.17, 15) is 9.90 Å². The van der Waals surface area contributed by atoms with Gasteiger partial charge in [0.2, 0.25) is 0 Å². The maximum Gasteiger partial charge on any atom is 0.172 e. The fourth-order valence-electron chi connectivity index (χ4n) is 2.73. The molecular formula is C20H27NO2S. The number of rotatable bonds is 11. The summed E-state index contributed by atoms with van der Waals surface area (Å²) in [6.07, 6.45) is 5.43. The molecule has 0 fully saturated rings. The Morgan fingerprint density at radius 2 is 1.83 bits per heavy atom. The van der Waals surface area contributed by atoms with Gasteiger partial charge in [-0.1, -0.05) is 30.3 Å². The number of aryl methyl sites for hydroxylation is 2. The van der Waals surface area contributed by atoms with Crippen molar-refractivity contribution in [3.05, 3.63) is 57.8 Å².